The Morgan fingerprint density at radius 2 is 2.28 bits per heavy atom. The van der Waals surface area contributed by atoms with Gasteiger partial charge in [0.15, 0.2) is 0 Å². The molecule has 18 heavy (non-hydrogen) atoms. The number of rotatable bonds is 4. The fourth-order valence-corrected chi connectivity index (χ4v) is 2.77. The van der Waals surface area contributed by atoms with Crippen LogP contribution in [-0.4, -0.2) is 11.5 Å². The van der Waals surface area contributed by atoms with Gasteiger partial charge in [-0.25, -0.2) is 0 Å². The van der Waals surface area contributed by atoms with Gasteiger partial charge in [-0.15, -0.1) is 0 Å². The molecule has 94 valence electrons. The van der Waals surface area contributed by atoms with E-state index >= 15 is 0 Å². The summed E-state index contributed by atoms with van der Waals surface area (Å²) in [7, 11) is 0. The summed E-state index contributed by atoms with van der Waals surface area (Å²) in [6, 6.07) is 6.56. The zero-order chi connectivity index (χ0) is 12.4. The van der Waals surface area contributed by atoms with Crippen LogP contribution in [0, 0.1) is 0 Å². The average Bonchev–Trinajstić information content (AvgIpc) is 2.97. The predicted octanol–water partition coefficient (Wildman–Crippen LogP) is 1.69. The van der Waals surface area contributed by atoms with Gasteiger partial charge in [-0.2, -0.15) is 0 Å². The van der Waals surface area contributed by atoms with Crippen molar-refractivity contribution in [1.29, 1.82) is 0 Å². The molecule has 1 aliphatic heterocycles. The van der Waals surface area contributed by atoms with E-state index in [-0.39, 0.29) is 4.87 Å². The van der Waals surface area contributed by atoms with Crippen LogP contribution in [0.25, 0.3) is 0 Å². The molecule has 3 rings (SSSR count). The average molecular weight is 261 g/mol. The van der Waals surface area contributed by atoms with E-state index in [1.807, 2.05) is 5.38 Å². The number of hydrogen-bond donors (Lipinski definition) is 3. The van der Waals surface area contributed by atoms with Crippen molar-refractivity contribution in [2.45, 2.75) is 19.5 Å². The van der Waals surface area contributed by atoms with Gasteiger partial charge < -0.3 is 15.6 Å². The lowest BCUT2D eigenvalue weighted by molar-refractivity contribution is 0.682. The Labute approximate surface area is 109 Å². The molecule has 0 saturated heterocycles. The first-order valence-electron chi connectivity index (χ1n) is 6.04. The van der Waals surface area contributed by atoms with Crippen molar-refractivity contribution in [2.75, 3.05) is 11.9 Å². The van der Waals surface area contributed by atoms with Gasteiger partial charge >= 0.3 is 4.87 Å². The van der Waals surface area contributed by atoms with Crippen LogP contribution in [0.1, 0.15) is 16.8 Å². The topological polar surface area (TPSA) is 56.9 Å². The number of hydrogen-bond acceptors (Lipinski definition) is 4. The van der Waals surface area contributed by atoms with Crippen LogP contribution in [0.2, 0.25) is 0 Å². The van der Waals surface area contributed by atoms with Crippen LogP contribution < -0.4 is 15.5 Å². The molecule has 0 unspecified atom stereocenters. The monoisotopic (exact) mass is 261 g/mol. The molecular formula is C13H15N3OS. The number of thiazole rings is 1. The lowest BCUT2D eigenvalue weighted by Crippen LogP contribution is -2.13. The van der Waals surface area contributed by atoms with Gasteiger partial charge in [-0.05, 0) is 23.6 Å². The van der Waals surface area contributed by atoms with E-state index < -0.39 is 0 Å². The number of aromatic amines is 1. The molecule has 1 aromatic heterocycles. The highest BCUT2D eigenvalue weighted by Crippen LogP contribution is 2.23. The molecule has 0 aliphatic carbocycles. The highest BCUT2D eigenvalue weighted by atomic mass is 32.1. The predicted molar refractivity (Wildman–Crippen MR) is 74.1 cm³/mol. The van der Waals surface area contributed by atoms with Gasteiger partial charge in [0, 0.05) is 36.4 Å². The van der Waals surface area contributed by atoms with E-state index in [0.717, 1.165) is 25.2 Å². The SMILES string of the molecule is O=c1[nH]c(CNCc2ccc3c(c2)NCC3)cs1. The Balaban J connectivity index is 1.58. The van der Waals surface area contributed by atoms with Crippen molar-refractivity contribution in [2.24, 2.45) is 0 Å². The van der Waals surface area contributed by atoms with Crippen LogP contribution in [0.15, 0.2) is 28.4 Å². The molecule has 1 aliphatic rings. The summed E-state index contributed by atoms with van der Waals surface area (Å²) in [5.41, 5.74) is 4.88. The highest BCUT2D eigenvalue weighted by molar-refractivity contribution is 7.07. The molecule has 0 radical (unpaired) electrons. The van der Waals surface area contributed by atoms with Crippen LogP contribution in [0.5, 0.6) is 0 Å². The van der Waals surface area contributed by atoms with Gasteiger partial charge in [0.2, 0.25) is 0 Å². The Bertz CT molecular complexity index is 602. The minimum Gasteiger partial charge on any atom is -0.384 e. The minimum atomic E-state index is 0.00790. The van der Waals surface area contributed by atoms with Crippen molar-refractivity contribution >= 4 is 17.0 Å². The molecular weight excluding hydrogens is 246 g/mol. The number of anilines is 1. The minimum absolute atomic E-state index is 0.00790. The molecule has 1 aromatic carbocycles. The summed E-state index contributed by atoms with van der Waals surface area (Å²) in [4.78, 5) is 13.8. The lowest BCUT2D eigenvalue weighted by atomic mass is 10.1. The maximum Gasteiger partial charge on any atom is 0.304 e. The second kappa shape index (κ2) is 4.96. The molecule has 0 fully saturated rings. The molecule has 0 amide bonds. The fourth-order valence-electron chi connectivity index (χ4n) is 2.19. The summed E-state index contributed by atoms with van der Waals surface area (Å²) in [6.07, 6.45) is 1.12. The third-order valence-electron chi connectivity index (χ3n) is 3.10. The van der Waals surface area contributed by atoms with Crippen molar-refractivity contribution in [3.63, 3.8) is 0 Å². The van der Waals surface area contributed by atoms with Gasteiger partial charge in [0.1, 0.15) is 0 Å². The molecule has 4 nitrogen and oxygen atoms in total. The van der Waals surface area contributed by atoms with E-state index in [0.29, 0.717) is 6.54 Å². The van der Waals surface area contributed by atoms with E-state index in [1.54, 1.807) is 0 Å². The van der Waals surface area contributed by atoms with E-state index in [1.165, 1.54) is 28.2 Å². The molecule has 3 N–H and O–H groups in total. The van der Waals surface area contributed by atoms with Crippen molar-refractivity contribution in [3.05, 3.63) is 50.1 Å². The number of benzene rings is 1. The molecule has 5 heteroatoms. The van der Waals surface area contributed by atoms with E-state index in [9.17, 15) is 4.79 Å². The number of nitrogens with one attached hydrogen (secondary N) is 3. The van der Waals surface area contributed by atoms with Gasteiger partial charge in [-0.3, -0.25) is 4.79 Å². The molecule has 0 atom stereocenters. The number of aromatic nitrogens is 1. The fraction of sp³-hybridized carbons (Fsp3) is 0.308. The zero-order valence-corrected chi connectivity index (χ0v) is 10.8. The highest BCUT2D eigenvalue weighted by Gasteiger charge is 2.09. The summed E-state index contributed by atoms with van der Waals surface area (Å²) in [5.74, 6) is 0. The van der Waals surface area contributed by atoms with Crippen molar-refractivity contribution in [1.82, 2.24) is 10.3 Å². The molecule has 0 spiro atoms. The summed E-state index contributed by atoms with van der Waals surface area (Å²) >= 11 is 1.21. The largest absolute Gasteiger partial charge is 0.384 e. The van der Waals surface area contributed by atoms with Crippen molar-refractivity contribution < 1.29 is 0 Å². The summed E-state index contributed by atoms with van der Waals surface area (Å²) < 4.78 is 0. The Hall–Kier alpha value is -1.59. The van der Waals surface area contributed by atoms with Crippen LogP contribution in [0.4, 0.5) is 5.69 Å². The van der Waals surface area contributed by atoms with Gasteiger partial charge in [0.05, 0.1) is 0 Å². The smallest absolute Gasteiger partial charge is 0.304 e. The van der Waals surface area contributed by atoms with E-state index in [4.69, 9.17) is 0 Å². The standard InChI is InChI=1S/C13H15N3OS/c17-13-16-11(8-18-13)7-14-6-9-1-2-10-3-4-15-12(10)5-9/h1-2,5,8,14-15H,3-4,6-7H2,(H,16,17). The third kappa shape index (κ3) is 2.47. The number of H-pyrrole nitrogens is 1. The maximum absolute atomic E-state index is 11.0. The van der Waals surface area contributed by atoms with Crippen molar-refractivity contribution in [3.8, 4) is 0 Å². The Morgan fingerprint density at radius 1 is 1.33 bits per heavy atom. The van der Waals surface area contributed by atoms with E-state index in [2.05, 4.69) is 33.8 Å². The Morgan fingerprint density at radius 3 is 3.11 bits per heavy atom. The summed E-state index contributed by atoms with van der Waals surface area (Å²) in [5, 5.41) is 8.57. The first-order chi connectivity index (χ1) is 8.81. The summed E-state index contributed by atoms with van der Waals surface area (Å²) in [6.45, 7) is 2.55. The molecule has 2 aromatic rings. The first kappa shape index (κ1) is 11.5. The quantitative estimate of drug-likeness (QED) is 0.785. The van der Waals surface area contributed by atoms with Gasteiger partial charge in [-0.1, -0.05) is 23.5 Å². The van der Waals surface area contributed by atoms with Crippen LogP contribution >= 0.6 is 11.3 Å². The van der Waals surface area contributed by atoms with Crippen LogP contribution in [0.3, 0.4) is 0 Å². The molecule has 2 heterocycles. The zero-order valence-electron chi connectivity index (χ0n) is 9.95. The normalized spacial score (nSPS) is 13.3. The maximum atomic E-state index is 11.0. The Kier molecular flexibility index (Phi) is 3.17. The molecule has 0 saturated carbocycles. The second-order valence-corrected chi connectivity index (χ2v) is 5.29. The van der Waals surface area contributed by atoms with Gasteiger partial charge in [0.25, 0.3) is 0 Å². The van der Waals surface area contributed by atoms with Crippen LogP contribution in [-0.2, 0) is 19.5 Å². The lowest BCUT2D eigenvalue weighted by Gasteiger charge is -2.06. The number of fused-ring (bicyclic) bond motifs is 1. The second-order valence-electron chi connectivity index (χ2n) is 4.45. The third-order valence-corrected chi connectivity index (χ3v) is 3.82. The first-order valence-corrected chi connectivity index (χ1v) is 6.92. The molecule has 0 bridgehead atoms.